The van der Waals surface area contributed by atoms with Crippen LogP contribution in [0.15, 0.2) is 48.3 Å². The minimum atomic E-state index is -0.0835. The molecule has 2 N–H and O–H groups in total. The van der Waals surface area contributed by atoms with Crippen molar-refractivity contribution in [1.82, 2.24) is 34.3 Å². The van der Waals surface area contributed by atoms with Crippen molar-refractivity contribution >= 4 is 40.2 Å². The third-order valence-electron chi connectivity index (χ3n) is 6.36. The van der Waals surface area contributed by atoms with Gasteiger partial charge in [-0.25, -0.2) is 15.0 Å². The first-order chi connectivity index (χ1) is 18.5. The maximum atomic E-state index is 12.8. The summed E-state index contributed by atoms with van der Waals surface area (Å²) in [6.07, 6.45) is 8.06. The van der Waals surface area contributed by atoms with Crippen molar-refractivity contribution in [1.29, 1.82) is 0 Å². The molecule has 0 saturated carbocycles. The Labute approximate surface area is 225 Å². The normalized spacial score (nSPS) is 15.3. The molecule has 5 rings (SSSR count). The van der Waals surface area contributed by atoms with Gasteiger partial charge in [0.15, 0.2) is 23.3 Å². The molecule has 12 heteroatoms. The van der Waals surface area contributed by atoms with Crippen LogP contribution in [-0.4, -0.2) is 86.4 Å². The number of carbonyl (C=O) groups is 1. The Hall–Kier alpha value is -3.77. The Bertz CT molecular complexity index is 1400. The van der Waals surface area contributed by atoms with Crippen molar-refractivity contribution in [2.75, 3.05) is 51.5 Å². The van der Waals surface area contributed by atoms with E-state index < -0.39 is 0 Å². The maximum absolute atomic E-state index is 12.8. The van der Waals surface area contributed by atoms with Crippen molar-refractivity contribution in [3.8, 4) is 11.5 Å². The topological polar surface area (TPSA) is 113 Å². The van der Waals surface area contributed by atoms with E-state index in [4.69, 9.17) is 9.47 Å². The number of benzene rings is 1. The molecule has 1 amide bonds. The summed E-state index contributed by atoms with van der Waals surface area (Å²) < 4.78 is 14.0. The summed E-state index contributed by atoms with van der Waals surface area (Å²) >= 11 is 1.61. The van der Waals surface area contributed by atoms with Gasteiger partial charge < -0.3 is 34.1 Å². The molecule has 4 aromatic rings. The number of hydrogen-bond acceptors (Lipinski definition) is 9. The van der Waals surface area contributed by atoms with Gasteiger partial charge in [-0.3, -0.25) is 4.79 Å². The highest BCUT2D eigenvalue weighted by Crippen LogP contribution is 2.34. The number of carbonyl (C=O) groups excluding carboxylic acids is 1. The number of ether oxygens (including phenoxy) is 2. The van der Waals surface area contributed by atoms with Crippen molar-refractivity contribution in [2.45, 2.75) is 18.1 Å². The first-order valence-electron chi connectivity index (χ1n) is 12.5. The van der Waals surface area contributed by atoms with Gasteiger partial charge in [0.2, 0.25) is 0 Å². The summed E-state index contributed by atoms with van der Waals surface area (Å²) in [6, 6.07) is 5.61. The molecular formula is C26H32N8O3S. The van der Waals surface area contributed by atoms with Crippen LogP contribution in [-0.2, 0) is 18.4 Å². The van der Waals surface area contributed by atoms with Crippen molar-refractivity contribution < 1.29 is 14.3 Å². The van der Waals surface area contributed by atoms with E-state index in [1.807, 2.05) is 49.3 Å². The van der Waals surface area contributed by atoms with Gasteiger partial charge in [-0.05, 0) is 37.7 Å². The Kier molecular flexibility index (Phi) is 7.99. The predicted octanol–water partition coefficient (Wildman–Crippen LogP) is 3.28. The Morgan fingerprint density at radius 2 is 2.05 bits per heavy atom. The predicted molar refractivity (Wildman–Crippen MR) is 147 cm³/mol. The van der Waals surface area contributed by atoms with Gasteiger partial charge in [0.05, 0.1) is 12.0 Å². The van der Waals surface area contributed by atoms with E-state index in [0.29, 0.717) is 30.5 Å². The van der Waals surface area contributed by atoms with Gasteiger partial charge in [0.1, 0.15) is 17.8 Å². The lowest BCUT2D eigenvalue weighted by molar-refractivity contribution is -0.132. The molecular weight excluding hydrogens is 504 g/mol. The first kappa shape index (κ1) is 25.9. The summed E-state index contributed by atoms with van der Waals surface area (Å²) in [6.45, 7) is 2.60. The minimum Gasteiger partial charge on any atom is -0.489 e. The van der Waals surface area contributed by atoms with E-state index in [-0.39, 0.29) is 12.5 Å². The van der Waals surface area contributed by atoms with Crippen LogP contribution in [0.5, 0.6) is 11.5 Å². The molecule has 4 heterocycles. The van der Waals surface area contributed by atoms with Gasteiger partial charge in [0.25, 0.3) is 5.91 Å². The summed E-state index contributed by atoms with van der Waals surface area (Å²) in [5, 5.41) is 5.29. The van der Waals surface area contributed by atoms with Crippen molar-refractivity contribution in [3.05, 3.63) is 48.7 Å². The third kappa shape index (κ3) is 6.03. The fourth-order valence-electron chi connectivity index (χ4n) is 4.30. The number of aromatic amines is 1. The van der Waals surface area contributed by atoms with Gasteiger partial charge >= 0.3 is 0 Å². The molecule has 2 bridgehead atoms. The smallest absolute Gasteiger partial charge is 0.260 e. The van der Waals surface area contributed by atoms with E-state index in [2.05, 4.69) is 37.2 Å². The molecule has 0 saturated heterocycles. The molecule has 0 spiro atoms. The van der Waals surface area contributed by atoms with Crippen LogP contribution in [0.25, 0.3) is 11.0 Å². The zero-order chi connectivity index (χ0) is 26.5. The second kappa shape index (κ2) is 11.7. The van der Waals surface area contributed by atoms with Crippen LogP contribution in [0.3, 0.4) is 0 Å². The number of thioether (sulfide) groups is 1. The lowest BCUT2D eigenvalue weighted by Gasteiger charge is -2.22. The van der Waals surface area contributed by atoms with E-state index in [0.717, 1.165) is 52.7 Å². The number of rotatable bonds is 5. The molecule has 3 aromatic heterocycles. The number of H-pyrrole nitrogens is 1. The van der Waals surface area contributed by atoms with Crippen molar-refractivity contribution in [2.24, 2.45) is 7.05 Å². The van der Waals surface area contributed by atoms with Crippen LogP contribution in [0.1, 0.15) is 12.0 Å². The average molecular weight is 537 g/mol. The highest BCUT2D eigenvalue weighted by atomic mass is 32.2. The molecule has 200 valence electrons. The molecule has 38 heavy (non-hydrogen) atoms. The number of likely N-dealkylation sites (N-methyl/N-ethyl adjacent to an activating group) is 1. The van der Waals surface area contributed by atoms with Gasteiger partial charge in [0, 0.05) is 63.3 Å². The Balaban J connectivity index is 1.40. The first-order valence-corrected chi connectivity index (χ1v) is 13.5. The number of imidazole rings is 1. The second-order valence-electron chi connectivity index (χ2n) is 9.26. The molecule has 0 radical (unpaired) electrons. The van der Waals surface area contributed by atoms with Gasteiger partial charge in [-0.15, -0.1) is 0 Å². The number of aromatic nitrogens is 5. The maximum Gasteiger partial charge on any atom is 0.260 e. The summed E-state index contributed by atoms with van der Waals surface area (Å²) in [7, 11) is 5.84. The van der Waals surface area contributed by atoms with E-state index in [1.165, 1.54) is 6.33 Å². The Morgan fingerprint density at radius 3 is 2.89 bits per heavy atom. The third-order valence-corrected chi connectivity index (χ3v) is 7.38. The molecule has 0 atom stereocenters. The number of fused-ring (bicyclic) bond motifs is 2. The zero-order valence-corrected chi connectivity index (χ0v) is 22.6. The highest BCUT2D eigenvalue weighted by Gasteiger charge is 2.17. The number of amides is 1. The van der Waals surface area contributed by atoms with E-state index in [1.54, 1.807) is 22.9 Å². The fraction of sp³-hybridized carbons (Fsp3) is 0.385. The van der Waals surface area contributed by atoms with Gasteiger partial charge in [-0.1, -0.05) is 11.8 Å². The largest absolute Gasteiger partial charge is 0.489 e. The molecule has 0 aliphatic carbocycles. The zero-order valence-electron chi connectivity index (χ0n) is 21.8. The van der Waals surface area contributed by atoms with Crippen LogP contribution in [0.4, 0.5) is 11.5 Å². The van der Waals surface area contributed by atoms with Crippen LogP contribution >= 0.6 is 11.8 Å². The molecule has 1 aliphatic rings. The summed E-state index contributed by atoms with van der Waals surface area (Å²) in [5.41, 5.74) is 2.64. The van der Waals surface area contributed by atoms with Crippen molar-refractivity contribution in [3.63, 3.8) is 0 Å². The average Bonchev–Trinajstić information content (AvgIpc) is 3.51. The fourth-order valence-corrected chi connectivity index (χ4v) is 5.05. The van der Waals surface area contributed by atoms with Crippen LogP contribution in [0, 0.1) is 0 Å². The standard InChI is InChI=1S/C26H32N8O3S/c1-32-8-4-9-33(2)22(35)16-37-21-13-19(31-25-23-18(15-32)14-28-24(23)29-17-30-25)5-6-20(21)36-11-12-38-26-27-7-10-34(26)3/h5-7,10,13-14,17H,4,8-9,11-12,15-16H2,1-3H3,(H2,28,29,30,31). The molecule has 11 nitrogen and oxygen atoms in total. The number of nitrogens with one attached hydrogen (secondary N) is 2. The SMILES string of the molecule is CN1CCCN(C)C(=O)COc2cc(ccc2OCCSc2nccn2C)Nc2ncnc3[nH]cc(c23)C1. The lowest BCUT2D eigenvalue weighted by Crippen LogP contribution is -2.33. The van der Waals surface area contributed by atoms with Gasteiger partial charge in [-0.2, -0.15) is 0 Å². The summed E-state index contributed by atoms with van der Waals surface area (Å²) in [5.74, 6) is 2.40. The molecule has 0 unspecified atom stereocenters. The monoisotopic (exact) mass is 536 g/mol. The Morgan fingerprint density at radius 1 is 1.16 bits per heavy atom. The molecule has 1 aromatic carbocycles. The highest BCUT2D eigenvalue weighted by molar-refractivity contribution is 7.99. The summed E-state index contributed by atoms with van der Waals surface area (Å²) in [4.78, 5) is 33.2. The quantitative estimate of drug-likeness (QED) is 0.293. The number of nitrogens with zero attached hydrogens (tertiary/aromatic N) is 6. The second-order valence-corrected chi connectivity index (χ2v) is 10.3. The molecule has 1 aliphatic heterocycles. The van der Waals surface area contributed by atoms with Crippen LogP contribution in [0.2, 0.25) is 0 Å². The minimum absolute atomic E-state index is 0.0755. The van der Waals surface area contributed by atoms with E-state index >= 15 is 0 Å². The number of anilines is 2. The van der Waals surface area contributed by atoms with Crippen LogP contribution < -0.4 is 14.8 Å². The lowest BCUT2D eigenvalue weighted by atomic mass is 10.2. The molecule has 0 fully saturated rings. The number of aryl methyl sites for hydroxylation is 1. The number of hydrogen-bond donors (Lipinski definition) is 2. The van der Waals surface area contributed by atoms with E-state index in [9.17, 15) is 4.79 Å².